The number of ketones is 1. The highest BCUT2D eigenvalue weighted by molar-refractivity contribution is 6.01. The summed E-state index contributed by atoms with van der Waals surface area (Å²) in [5, 5.41) is 0. The Balaban J connectivity index is 2.56. The second-order valence-electron chi connectivity index (χ2n) is 4.31. The van der Waals surface area contributed by atoms with E-state index in [1.165, 1.54) is 26.2 Å². The molecular weight excluding hydrogens is 248 g/mol. The minimum atomic E-state index is -0.836. The van der Waals surface area contributed by atoms with Gasteiger partial charge in [0.05, 0.1) is 7.11 Å². The zero-order chi connectivity index (χ0) is 14.2. The van der Waals surface area contributed by atoms with Crippen LogP contribution >= 0.6 is 0 Å². The lowest BCUT2D eigenvalue weighted by atomic mass is 10.0. The molecule has 0 radical (unpaired) electrons. The molecule has 0 unspecified atom stereocenters. The molecule has 19 heavy (non-hydrogen) atoms. The highest BCUT2D eigenvalue weighted by atomic mass is 16.7. The van der Waals surface area contributed by atoms with Crippen molar-refractivity contribution in [2.45, 2.75) is 20.1 Å². The molecule has 0 saturated heterocycles. The van der Waals surface area contributed by atoms with Crippen molar-refractivity contribution in [1.82, 2.24) is 0 Å². The molecule has 0 bridgehead atoms. The fourth-order valence-electron chi connectivity index (χ4n) is 1.72. The first-order valence-corrected chi connectivity index (χ1v) is 5.70. The summed E-state index contributed by atoms with van der Waals surface area (Å²) in [5.74, 6) is -0.131. The zero-order valence-corrected chi connectivity index (χ0v) is 11.0. The van der Waals surface area contributed by atoms with Crippen LogP contribution in [0.1, 0.15) is 34.6 Å². The molecule has 0 saturated carbocycles. The van der Waals surface area contributed by atoms with Gasteiger partial charge in [0, 0.05) is 11.1 Å². The predicted octanol–water partition coefficient (Wildman–Crippen LogP) is 2.35. The maximum Gasteiger partial charge on any atom is 0.345 e. The highest BCUT2D eigenvalue weighted by Crippen LogP contribution is 2.38. The molecule has 0 fully saturated rings. The van der Waals surface area contributed by atoms with Gasteiger partial charge in [-0.1, -0.05) is 6.58 Å². The van der Waals surface area contributed by atoms with Crippen LogP contribution in [-0.4, -0.2) is 25.2 Å². The van der Waals surface area contributed by atoms with Crippen LogP contribution in [-0.2, 0) is 4.74 Å². The molecule has 1 aromatic rings. The summed E-state index contributed by atoms with van der Waals surface area (Å²) in [6, 6.07) is 2.98. The number of carbonyl (C=O) groups is 2. The van der Waals surface area contributed by atoms with Gasteiger partial charge >= 0.3 is 5.97 Å². The van der Waals surface area contributed by atoms with Gasteiger partial charge in [-0.25, -0.2) is 4.79 Å². The quantitative estimate of drug-likeness (QED) is 0.475. The number of fused-ring (bicyclic) bond motifs is 1. The second-order valence-corrected chi connectivity index (χ2v) is 4.31. The van der Waals surface area contributed by atoms with Crippen molar-refractivity contribution in [1.29, 1.82) is 0 Å². The van der Waals surface area contributed by atoms with Crippen molar-refractivity contribution >= 4 is 11.8 Å². The second kappa shape index (κ2) is 4.76. The average Bonchev–Trinajstić information content (AvgIpc) is 2.37. The Morgan fingerprint density at radius 2 is 2.00 bits per heavy atom. The van der Waals surface area contributed by atoms with E-state index < -0.39 is 12.3 Å². The molecule has 0 spiro atoms. The Morgan fingerprint density at radius 3 is 2.53 bits per heavy atom. The number of Topliss-reactive ketones (excluding diaryl/α,β-unsaturated/α-hetero) is 1. The molecule has 1 aliphatic heterocycles. The van der Waals surface area contributed by atoms with E-state index in [1.54, 1.807) is 6.92 Å². The first kappa shape index (κ1) is 13.1. The highest BCUT2D eigenvalue weighted by Gasteiger charge is 2.31. The third kappa shape index (κ3) is 2.31. The standard InChI is InChI=1S/C14H14O5/c1-7(2)14-18-12-10(13(16)19-14)5-9(8(3)15)6-11(12)17-4/h5-6,14H,1H2,2-4H3/t14-/m0/s1. The summed E-state index contributed by atoms with van der Waals surface area (Å²) in [4.78, 5) is 23.3. The normalized spacial score (nSPS) is 17.0. The summed E-state index contributed by atoms with van der Waals surface area (Å²) >= 11 is 0. The van der Waals surface area contributed by atoms with Gasteiger partial charge in [0.25, 0.3) is 6.29 Å². The summed E-state index contributed by atoms with van der Waals surface area (Å²) in [6.45, 7) is 6.79. The van der Waals surface area contributed by atoms with E-state index in [2.05, 4.69) is 6.58 Å². The predicted molar refractivity (Wildman–Crippen MR) is 67.6 cm³/mol. The van der Waals surface area contributed by atoms with Gasteiger partial charge in [0.2, 0.25) is 0 Å². The smallest absolute Gasteiger partial charge is 0.345 e. The van der Waals surface area contributed by atoms with Crippen LogP contribution < -0.4 is 9.47 Å². The van der Waals surface area contributed by atoms with Crippen LogP contribution in [0.5, 0.6) is 11.5 Å². The molecule has 1 heterocycles. The molecular formula is C14H14O5. The molecule has 5 heteroatoms. The Kier molecular flexibility index (Phi) is 3.29. The van der Waals surface area contributed by atoms with Crippen molar-refractivity contribution in [3.05, 3.63) is 35.4 Å². The lowest BCUT2D eigenvalue weighted by Crippen LogP contribution is -2.31. The number of ether oxygens (including phenoxy) is 3. The number of hydrogen-bond acceptors (Lipinski definition) is 5. The minimum absolute atomic E-state index is 0.170. The maximum absolute atomic E-state index is 11.9. The van der Waals surface area contributed by atoms with E-state index in [-0.39, 0.29) is 17.1 Å². The molecule has 0 aromatic heterocycles. The zero-order valence-electron chi connectivity index (χ0n) is 11.0. The molecule has 0 N–H and O–H groups in total. The van der Waals surface area contributed by atoms with E-state index >= 15 is 0 Å². The van der Waals surface area contributed by atoms with E-state index in [0.29, 0.717) is 16.9 Å². The molecule has 1 aliphatic rings. The maximum atomic E-state index is 11.9. The number of rotatable bonds is 3. The monoisotopic (exact) mass is 262 g/mol. The third-order valence-corrected chi connectivity index (χ3v) is 2.74. The van der Waals surface area contributed by atoms with Gasteiger partial charge in [-0.05, 0) is 26.0 Å². The van der Waals surface area contributed by atoms with Crippen LogP contribution in [0.3, 0.4) is 0 Å². The van der Waals surface area contributed by atoms with Crippen molar-refractivity contribution in [2.75, 3.05) is 7.11 Å². The van der Waals surface area contributed by atoms with Gasteiger partial charge < -0.3 is 14.2 Å². The molecule has 0 amide bonds. The van der Waals surface area contributed by atoms with E-state index in [4.69, 9.17) is 14.2 Å². The summed E-state index contributed by atoms with van der Waals surface area (Å²) in [6.07, 6.45) is -0.836. The first-order chi connectivity index (χ1) is 8.93. The third-order valence-electron chi connectivity index (χ3n) is 2.74. The van der Waals surface area contributed by atoms with Crippen molar-refractivity contribution in [2.24, 2.45) is 0 Å². The van der Waals surface area contributed by atoms with Crippen LogP contribution in [0.15, 0.2) is 24.3 Å². The molecule has 5 nitrogen and oxygen atoms in total. The van der Waals surface area contributed by atoms with Crippen molar-refractivity contribution < 1.29 is 23.8 Å². The van der Waals surface area contributed by atoms with Gasteiger partial charge in [0.1, 0.15) is 5.56 Å². The lowest BCUT2D eigenvalue weighted by Gasteiger charge is -2.27. The minimum Gasteiger partial charge on any atom is -0.493 e. The Morgan fingerprint density at radius 1 is 1.32 bits per heavy atom. The van der Waals surface area contributed by atoms with Crippen LogP contribution in [0, 0.1) is 0 Å². The van der Waals surface area contributed by atoms with Crippen LogP contribution in [0.2, 0.25) is 0 Å². The number of esters is 1. The van der Waals surface area contributed by atoms with E-state index in [1.807, 2.05) is 0 Å². The number of carbonyl (C=O) groups excluding carboxylic acids is 2. The Labute approximate surface area is 110 Å². The number of hydrogen-bond donors (Lipinski definition) is 0. The van der Waals surface area contributed by atoms with Crippen LogP contribution in [0.25, 0.3) is 0 Å². The molecule has 2 rings (SSSR count). The summed E-state index contributed by atoms with van der Waals surface area (Å²) < 4.78 is 15.8. The Bertz CT molecular complexity index is 573. The van der Waals surface area contributed by atoms with Crippen molar-refractivity contribution in [3.63, 3.8) is 0 Å². The first-order valence-electron chi connectivity index (χ1n) is 5.70. The van der Waals surface area contributed by atoms with Gasteiger partial charge in [-0.3, -0.25) is 4.79 Å². The lowest BCUT2D eigenvalue weighted by molar-refractivity contribution is -0.0401. The SMILES string of the molecule is C=C(C)[C@@H]1OC(=O)c2cc(C(C)=O)cc(OC)c2O1. The van der Waals surface area contributed by atoms with Crippen LogP contribution in [0.4, 0.5) is 0 Å². The molecule has 0 aliphatic carbocycles. The molecule has 100 valence electrons. The fourth-order valence-corrected chi connectivity index (χ4v) is 1.72. The average molecular weight is 262 g/mol. The number of benzene rings is 1. The van der Waals surface area contributed by atoms with Gasteiger partial charge in [0.15, 0.2) is 17.3 Å². The number of methoxy groups -OCH3 is 1. The van der Waals surface area contributed by atoms with Crippen molar-refractivity contribution in [3.8, 4) is 11.5 Å². The summed E-state index contributed by atoms with van der Waals surface area (Å²) in [7, 11) is 1.44. The van der Waals surface area contributed by atoms with E-state index in [9.17, 15) is 9.59 Å². The van der Waals surface area contributed by atoms with Gasteiger partial charge in [-0.2, -0.15) is 0 Å². The largest absolute Gasteiger partial charge is 0.493 e. The Hall–Kier alpha value is -2.30. The molecule has 1 atom stereocenters. The summed E-state index contributed by atoms with van der Waals surface area (Å²) in [5.41, 5.74) is 1.11. The molecule has 1 aromatic carbocycles. The topological polar surface area (TPSA) is 61.8 Å². The number of cyclic esters (lactones) is 1. The van der Waals surface area contributed by atoms with E-state index in [0.717, 1.165) is 0 Å². The fraction of sp³-hybridized carbons (Fsp3) is 0.286. The van der Waals surface area contributed by atoms with Gasteiger partial charge in [-0.15, -0.1) is 0 Å².